The Balaban J connectivity index is 0.000000561. The van der Waals surface area contributed by atoms with Crippen LogP contribution in [0.2, 0.25) is 0 Å². The second-order valence-electron chi connectivity index (χ2n) is 1.79. The summed E-state index contributed by atoms with van der Waals surface area (Å²) in [6, 6.07) is 5.42. The van der Waals surface area contributed by atoms with Crippen LogP contribution in [0.3, 0.4) is 0 Å². The van der Waals surface area contributed by atoms with Gasteiger partial charge in [0.15, 0.2) is 0 Å². The van der Waals surface area contributed by atoms with E-state index >= 15 is 0 Å². The van der Waals surface area contributed by atoms with Gasteiger partial charge in [0.1, 0.15) is 11.8 Å². The smallest absolute Gasteiger partial charge is 0.140 e. The maximum absolute atomic E-state index is 8.37. The first kappa shape index (κ1) is 10.4. The van der Waals surface area contributed by atoms with Crippen LogP contribution >= 0.6 is 0 Å². The highest BCUT2D eigenvalue weighted by Crippen LogP contribution is 2.02. The Bertz CT molecular complexity index is 245. The van der Waals surface area contributed by atoms with Crippen molar-refractivity contribution in [2.24, 2.45) is 0 Å². The van der Waals surface area contributed by atoms with Gasteiger partial charge in [0.05, 0.1) is 11.9 Å². The lowest BCUT2D eigenvalue weighted by molar-refractivity contribution is 1.25. The molecule has 3 heteroatoms. The fourth-order valence-corrected chi connectivity index (χ4v) is 0.608. The number of nitriles is 1. The molecule has 1 N–H and O–H groups in total. The van der Waals surface area contributed by atoms with Crippen LogP contribution in [0.4, 0.5) is 5.69 Å². The number of rotatable bonds is 1. The Labute approximate surface area is 73.1 Å². The van der Waals surface area contributed by atoms with Gasteiger partial charge in [-0.15, -0.1) is 0 Å². The van der Waals surface area contributed by atoms with Crippen LogP contribution in [0.5, 0.6) is 0 Å². The number of nitrogens with one attached hydrogen (secondary N) is 1. The molecule has 0 aliphatic carbocycles. The average molecular weight is 163 g/mol. The van der Waals surface area contributed by atoms with Crippen molar-refractivity contribution in [1.82, 2.24) is 4.98 Å². The number of hydrogen-bond donors (Lipinski definition) is 1. The quantitative estimate of drug-likeness (QED) is 0.689. The van der Waals surface area contributed by atoms with E-state index in [0.717, 1.165) is 5.69 Å². The van der Waals surface area contributed by atoms with Gasteiger partial charge >= 0.3 is 0 Å². The van der Waals surface area contributed by atoms with Crippen molar-refractivity contribution in [2.75, 3.05) is 12.4 Å². The maximum atomic E-state index is 8.37. The number of pyridine rings is 1. The van der Waals surface area contributed by atoms with E-state index in [1.165, 1.54) is 0 Å². The molecule has 3 nitrogen and oxygen atoms in total. The molecule has 0 bridgehead atoms. The molecule has 0 aliphatic rings. The van der Waals surface area contributed by atoms with Crippen molar-refractivity contribution in [2.45, 2.75) is 13.8 Å². The van der Waals surface area contributed by atoms with Crippen molar-refractivity contribution in [3.05, 3.63) is 24.0 Å². The van der Waals surface area contributed by atoms with Crippen molar-refractivity contribution >= 4 is 5.69 Å². The van der Waals surface area contributed by atoms with Gasteiger partial charge in [-0.1, -0.05) is 13.8 Å². The highest BCUT2D eigenvalue weighted by Gasteiger charge is 1.89. The third-order valence-corrected chi connectivity index (χ3v) is 1.17. The summed E-state index contributed by atoms with van der Waals surface area (Å²) in [5, 5.41) is 11.3. The van der Waals surface area contributed by atoms with E-state index in [0.29, 0.717) is 5.69 Å². The maximum Gasteiger partial charge on any atom is 0.140 e. The summed E-state index contributed by atoms with van der Waals surface area (Å²) in [6.45, 7) is 4.00. The third-order valence-electron chi connectivity index (χ3n) is 1.17. The molecular weight excluding hydrogens is 150 g/mol. The predicted octanol–water partition coefficient (Wildman–Crippen LogP) is 2.02. The fourth-order valence-electron chi connectivity index (χ4n) is 0.608. The lowest BCUT2D eigenvalue weighted by atomic mass is 10.3. The van der Waals surface area contributed by atoms with E-state index in [1.807, 2.05) is 33.0 Å². The van der Waals surface area contributed by atoms with Crippen molar-refractivity contribution in [3.8, 4) is 6.07 Å². The summed E-state index contributed by atoms with van der Waals surface area (Å²) in [7, 11) is 1.81. The number of aromatic nitrogens is 1. The van der Waals surface area contributed by atoms with E-state index in [2.05, 4.69) is 10.3 Å². The summed E-state index contributed by atoms with van der Waals surface area (Å²) in [5.74, 6) is 0. The molecule has 0 spiro atoms. The molecule has 0 saturated heterocycles. The molecule has 1 rings (SSSR count). The summed E-state index contributed by atoms with van der Waals surface area (Å²) in [5.41, 5.74) is 1.36. The second-order valence-corrected chi connectivity index (χ2v) is 1.79. The first-order valence-corrected chi connectivity index (χ1v) is 3.90. The molecule has 12 heavy (non-hydrogen) atoms. The summed E-state index contributed by atoms with van der Waals surface area (Å²) in [6.07, 6.45) is 1.62. The van der Waals surface area contributed by atoms with Crippen molar-refractivity contribution < 1.29 is 0 Å². The van der Waals surface area contributed by atoms with Crippen LogP contribution in [0.1, 0.15) is 19.5 Å². The second kappa shape index (κ2) is 6.17. The average Bonchev–Trinajstić information content (AvgIpc) is 2.21. The van der Waals surface area contributed by atoms with Crippen LogP contribution < -0.4 is 5.32 Å². The number of anilines is 1. The first-order valence-electron chi connectivity index (χ1n) is 3.90. The van der Waals surface area contributed by atoms with Crippen LogP contribution in [0.25, 0.3) is 0 Å². The van der Waals surface area contributed by atoms with Crippen LogP contribution in [-0.2, 0) is 0 Å². The van der Waals surface area contributed by atoms with Crippen LogP contribution in [0, 0.1) is 11.3 Å². The highest BCUT2D eigenvalue weighted by molar-refractivity contribution is 5.41. The molecule has 64 valence electrons. The SMILES string of the molecule is CC.CNc1ccc(C#N)nc1. The molecular formula is C9H13N3. The molecule has 1 aromatic rings. The van der Waals surface area contributed by atoms with E-state index in [-0.39, 0.29) is 0 Å². The van der Waals surface area contributed by atoms with E-state index < -0.39 is 0 Å². The van der Waals surface area contributed by atoms with E-state index in [9.17, 15) is 0 Å². The van der Waals surface area contributed by atoms with Gasteiger partial charge in [0.25, 0.3) is 0 Å². The van der Waals surface area contributed by atoms with Gasteiger partial charge in [-0.3, -0.25) is 0 Å². The number of nitrogens with zero attached hydrogens (tertiary/aromatic N) is 2. The zero-order chi connectivity index (χ0) is 9.40. The Morgan fingerprint density at radius 1 is 1.42 bits per heavy atom. The topological polar surface area (TPSA) is 48.7 Å². The van der Waals surface area contributed by atoms with Gasteiger partial charge in [-0.2, -0.15) is 5.26 Å². The standard InChI is InChI=1S/C7H7N3.C2H6/c1-9-7-3-2-6(4-8)10-5-7;1-2/h2-3,5,9H,1H3;1-2H3. The monoisotopic (exact) mass is 163 g/mol. The van der Waals surface area contributed by atoms with Gasteiger partial charge < -0.3 is 5.32 Å². The molecule has 0 unspecified atom stereocenters. The normalized spacial score (nSPS) is 7.50. The first-order chi connectivity index (χ1) is 5.86. The largest absolute Gasteiger partial charge is 0.387 e. The Kier molecular flexibility index (Phi) is 5.37. The minimum atomic E-state index is 0.444. The minimum Gasteiger partial charge on any atom is -0.387 e. The Morgan fingerprint density at radius 3 is 2.42 bits per heavy atom. The molecule has 0 saturated carbocycles. The third kappa shape index (κ3) is 3.02. The van der Waals surface area contributed by atoms with E-state index in [1.54, 1.807) is 12.3 Å². The van der Waals surface area contributed by atoms with Gasteiger partial charge in [-0.25, -0.2) is 4.98 Å². The van der Waals surface area contributed by atoms with Gasteiger partial charge in [0, 0.05) is 7.05 Å². The van der Waals surface area contributed by atoms with Gasteiger partial charge in [0.2, 0.25) is 0 Å². The Morgan fingerprint density at radius 2 is 2.08 bits per heavy atom. The van der Waals surface area contributed by atoms with Crippen LogP contribution in [0.15, 0.2) is 18.3 Å². The zero-order valence-electron chi connectivity index (χ0n) is 7.63. The molecule has 0 aromatic carbocycles. The van der Waals surface area contributed by atoms with Crippen molar-refractivity contribution in [1.29, 1.82) is 5.26 Å². The minimum absolute atomic E-state index is 0.444. The van der Waals surface area contributed by atoms with Gasteiger partial charge in [-0.05, 0) is 12.1 Å². The molecule has 0 atom stereocenters. The lowest BCUT2D eigenvalue weighted by Gasteiger charge is -1.95. The lowest BCUT2D eigenvalue weighted by Crippen LogP contribution is -1.89. The summed E-state index contributed by atoms with van der Waals surface area (Å²) >= 11 is 0. The molecule has 1 aromatic heterocycles. The molecule has 0 aliphatic heterocycles. The van der Waals surface area contributed by atoms with Crippen molar-refractivity contribution in [3.63, 3.8) is 0 Å². The molecule has 0 radical (unpaired) electrons. The highest BCUT2D eigenvalue weighted by atomic mass is 14.8. The summed E-state index contributed by atoms with van der Waals surface area (Å²) in [4.78, 5) is 3.84. The number of hydrogen-bond acceptors (Lipinski definition) is 3. The van der Waals surface area contributed by atoms with Crippen LogP contribution in [-0.4, -0.2) is 12.0 Å². The predicted molar refractivity (Wildman–Crippen MR) is 49.8 cm³/mol. The molecule has 1 heterocycles. The Hall–Kier alpha value is -1.56. The zero-order valence-corrected chi connectivity index (χ0v) is 7.63. The summed E-state index contributed by atoms with van der Waals surface area (Å²) < 4.78 is 0. The van der Waals surface area contributed by atoms with E-state index in [4.69, 9.17) is 5.26 Å². The fraction of sp³-hybridized carbons (Fsp3) is 0.333. The molecule has 0 fully saturated rings. The molecule has 0 amide bonds.